The highest BCUT2D eigenvalue weighted by atomic mass is 16.1. The smallest absolute Gasteiger partial charge is 0.224 e. The first-order valence-corrected chi connectivity index (χ1v) is 9.39. The molecule has 2 N–H and O–H groups in total. The Bertz CT molecular complexity index is 963. The van der Waals surface area contributed by atoms with Gasteiger partial charge >= 0.3 is 0 Å². The summed E-state index contributed by atoms with van der Waals surface area (Å²) < 4.78 is 0. The molecule has 4 heterocycles. The van der Waals surface area contributed by atoms with Crippen LogP contribution < -0.4 is 10.2 Å². The molecule has 5 rings (SSSR count). The van der Waals surface area contributed by atoms with E-state index in [1.165, 1.54) is 12.8 Å². The number of hydrogen-bond donors (Lipinski definition) is 2. The lowest BCUT2D eigenvalue weighted by Crippen LogP contribution is -2.43. The van der Waals surface area contributed by atoms with E-state index in [9.17, 15) is 4.79 Å². The van der Waals surface area contributed by atoms with Gasteiger partial charge in [-0.05, 0) is 37.7 Å². The van der Waals surface area contributed by atoms with Gasteiger partial charge in [-0.1, -0.05) is 0 Å². The third-order valence-electron chi connectivity index (χ3n) is 5.52. The van der Waals surface area contributed by atoms with E-state index in [1.54, 1.807) is 18.7 Å². The summed E-state index contributed by atoms with van der Waals surface area (Å²) in [7, 11) is 0. The highest BCUT2D eigenvalue weighted by Crippen LogP contribution is 2.32. The third-order valence-corrected chi connectivity index (χ3v) is 5.52. The molecule has 1 aliphatic heterocycles. The number of amides is 1. The van der Waals surface area contributed by atoms with Crippen LogP contribution in [0.25, 0.3) is 21.9 Å². The molecule has 1 unspecified atom stereocenters. The van der Waals surface area contributed by atoms with Gasteiger partial charge in [0.05, 0.1) is 29.3 Å². The first-order chi connectivity index (χ1) is 12.8. The van der Waals surface area contributed by atoms with E-state index in [0.717, 1.165) is 53.7 Å². The van der Waals surface area contributed by atoms with Gasteiger partial charge in [-0.25, -0.2) is 15.0 Å². The van der Waals surface area contributed by atoms with Crippen molar-refractivity contribution in [3.05, 3.63) is 24.8 Å². The summed E-state index contributed by atoms with van der Waals surface area (Å²) in [6.45, 7) is 2.46. The topological polar surface area (TPSA) is 86.8 Å². The molecule has 1 saturated heterocycles. The van der Waals surface area contributed by atoms with Crippen LogP contribution in [0.2, 0.25) is 0 Å². The lowest BCUT2D eigenvalue weighted by atomic mass is 9.96. The average Bonchev–Trinajstić information content (AvgIpc) is 3.39. The summed E-state index contributed by atoms with van der Waals surface area (Å²) in [4.78, 5) is 31.3. The number of aromatic nitrogens is 4. The van der Waals surface area contributed by atoms with Crippen molar-refractivity contribution in [2.45, 2.75) is 25.7 Å². The highest BCUT2D eigenvalue weighted by Gasteiger charge is 2.29. The van der Waals surface area contributed by atoms with E-state index in [4.69, 9.17) is 0 Å². The number of anilines is 1. The van der Waals surface area contributed by atoms with Gasteiger partial charge in [-0.15, -0.1) is 0 Å². The number of fused-ring (bicyclic) bond motifs is 3. The zero-order valence-corrected chi connectivity index (χ0v) is 14.6. The first-order valence-electron chi connectivity index (χ1n) is 9.39. The highest BCUT2D eigenvalue weighted by molar-refractivity contribution is 6.08. The fraction of sp³-hybridized carbons (Fsp3) is 0.474. The zero-order chi connectivity index (χ0) is 17.5. The van der Waals surface area contributed by atoms with Gasteiger partial charge in [0.2, 0.25) is 5.91 Å². The normalized spacial score (nSPS) is 20.6. The molecule has 3 aromatic rings. The van der Waals surface area contributed by atoms with Crippen molar-refractivity contribution in [3.8, 4) is 0 Å². The lowest BCUT2D eigenvalue weighted by Gasteiger charge is -2.33. The maximum Gasteiger partial charge on any atom is 0.224 e. The zero-order valence-electron chi connectivity index (χ0n) is 14.6. The number of H-pyrrole nitrogens is 1. The van der Waals surface area contributed by atoms with Gasteiger partial charge in [-0.3, -0.25) is 4.79 Å². The van der Waals surface area contributed by atoms with Crippen LogP contribution in [0.1, 0.15) is 25.7 Å². The number of nitrogens with zero attached hydrogens (tertiary/aromatic N) is 4. The van der Waals surface area contributed by atoms with Gasteiger partial charge in [-0.2, -0.15) is 0 Å². The van der Waals surface area contributed by atoms with Gasteiger partial charge in [0.15, 0.2) is 5.65 Å². The largest absolute Gasteiger partial charge is 0.356 e. The van der Waals surface area contributed by atoms with Crippen LogP contribution in [0.15, 0.2) is 24.8 Å². The van der Waals surface area contributed by atoms with E-state index < -0.39 is 0 Å². The summed E-state index contributed by atoms with van der Waals surface area (Å²) >= 11 is 0. The summed E-state index contributed by atoms with van der Waals surface area (Å²) in [6, 6.07) is 1.98. The van der Waals surface area contributed by atoms with E-state index in [2.05, 4.69) is 30.2 Å². The fourth-order valence-electron chi connectivity index (χ4n) is 3.87. The number of hydrogen-bond acceptors (Lipinski definition) is 5. The Kier molecular flexibility index (Phi) is 3.72. The molecule has 0 aromatic carbocycles. The van der Waals surface area contributed by atoms with Crippen molar-refractivity contribution >= 4 is 33.7 Å². The maximum absolute atomic E-state index is 12.6. The Morgan fingerprint density at radius 3 is 3.08 bits per heavy atom. The number of carbonyl (C=O) groups is 1. The van der Waals surface area contributed by atoms with Gasteiger partial charge < -0.3 is 15.2 Å². The molecule has 0 spiro atoms. The third kappa shape index (κ3) is 2.77. The number of carbonyl (C=O) groups excluding carboxylic acids is 1. The molecular weight excluding hydrogens is 328 g/mol. The Morgan fingerprint density at radius 1 is 1.27 bits per heavy atom. The van der Waals surface area contributed by atoms with Crippen molar-refractivity contribution in [1.82, 2.24) is 25.3 Å². The summed E-state index contributed by atoms with van der Waals surface area (Å²) in [5, 5.41) is 5.17. The average molecular weight is 350 g/mol. The molecule has 2 aliphatic rings. The molecule has 0 radical (unpaired) electrons. The molecule has 7 heteroatoms. The van der Waals surface area contributed by atoms with Gasteiger partial charge in [0.25, 0.3) is 0 Å². The molecule has 1 saturated carbocycles. The summed E-state index contributed by atoms with van der Waals surface area (Å²) in [5.74, 6) is 1.84. The molecule has 0 bridgehead atoms. The minimum Gasteiger partial charge on any atom is -0.356 e. The number of rotatable bonds is 4. The van der Waals surface area contributed by atoms with Crippen molar-refractivity contribution < 1.29 is 4.79 Å². The molecular formula is C19H22N6O. The molecule has 1 aliphatic carbocycles. The molecule has 3 aromatic heterocycles. The van der Waals surface area contributed by atoms with Crippen molar-refractivity contribution in [3.63, 3.8) is 0 Å². The van der Waals surface area contributed by atoms with Crippen LogP contribution in [-0.2, 0) is 4.79 Å². The van der Waals surface area contributed by atoms with Crippen molar-refractivity contribution in [2.75, 3.05) is 24.5 Å². The Morgan fingerprint density at radius 2 is 2.19 bits per heavy atom. The van der Waals surface area contributed by atoms with E-state index in [-0.39, 0.29) is 11.8 Å². The van der Waals surface area contributed by atoms with Crippen LogP contribution in [0.4, 0.5) is 5.82 Å². The second kappa shape index (κ2) is 6.23. The predicted octanol–water partition coefficient (Wildman–Crippen LogP) is 2.25. The number of piperidine rings is 1. The van der Waals surface area contributed by atoms with E-state index in [1.807, 2.05) is 6.07 Å². The van der Waals surface area contributed by atoms with Gasteiger partial charge in [0.1, 0.15) is 5.82 Å². The molecule has 1 atom stereocenters. The van der Waals surface area contributed by atoms with Crippen LogP contribution in [0, 0.1) is 11.8 Å². The quantitative estimate of drug-likeness (QED) is 0.754. The Balaban J connectivity index is 1.45. The molecule has 134 valence electrons. The SMILES string of the molecule is O=C(NCC1CC1)C1CCCN(c2nc[nH]c3cnc4nccc4c23)C1. The Labute approximate surface area is 151 Å². The summed E-state index contributed by atoms with van der Waals surface area (Å²) in [5.41, 5.74) is 1.67. The second-order valence-corrected chi connectivity index (χ2v) is 7.43. The molecule has 7 nitrogen and oxygen atoms in total. The van der Waals surface area contributed by atoms with Gasteiger partial charge in [0, 0.05) is 31.2 Å². The molecule has 1 amide bonds. The minimum atomic E-state index is 0.0265. The monoisotopic (exact) mass is 350 g/mol. The number of nitrogens with one attached hydrogen (secondary N) is 2. The first kappa shape index (κ1) is 15.5. The van der Waals surface area contributed by atoms with E-state index >= 15 is 0 Å². The van der Waals surface area contributed by atoms with Crippen LogP contribution >= 0.6 is 0 Å². The molecule has 26 heavy (non-hydrogen) atoms. The van der Waals surface area contributed by atoms with Crippen molar-refractivity contribution in [2.24, 2.45) is 11.8 Å². The van der Waals surface area contributed by atoms with Crippen molar-refractivity contribution in [1.29, 1.82) is 0 Å². The second-order valence-electron chi connectivity index (χ2n) is 7.43. The molecule has 2 fully saturated rings. The number of pyridine rings is 1. The van der Waals surface area contributed by atoms with E-state index in [0.29, 0.717) is 12.5 Å². The van der Waals surface area contributed by atoms with Crippen LogP contribution in [0.5, 0.6) is 0 Å². The predicted molar refractivity (Wildman–Crippen MR) is 99.9 cm³/mol. The number of aromatic amines is 1. The summed E-state index contributed by atoms with van der Waals surface area (Å²) in [6.07, 6.45) is 9.74. The maximum atomic E-state index is 12.6. The van der Waals surface area contributed by atoms with Crippen LogP contribution in [0.3, 0.4) is 0 Å². The standard InChI is InChI=1S/C19H22N6O/c26-19(22-8-12-3-4-12)13-2-1-7-25(10-13)18-16-14-5-6-20-17(14)21-9-15(16)23-11-24-18/h5-6,9,11-13H,1-4,7-8,10H2,(H,22,26)(H,23,24). The minimum absolute atomic E-state index is 0.0265. The lowest BCUT2D eigenvalue weighted by molar-refractivity contribution is -0.125. The Hall–Kier alpha value is -2.70. The fourth-order valence-corrected chi connectivity index (χ4v) is 3.87. The van der Waals surface area contributed by atoms with Crippen LogP contribution in [-0.4, -0.2) is 45.5 Å².